The molecule has 2 aromatic heterocycles. The molecule has 0 radical (unpaired) electrons. The third kappa shape index (κ3) is 4.36. The number of nitrogens with one attached hydrogen (secondary N) is 1. The molecule has 0 bridgehead atoms. The summed E-state index contributed by atoms with van der Waals surface area (Å²) in [5, 5.41) is 15.9. The highest BCUT2D eigenvalue weighted by Crippen LogP contribution is 2.37. The van der Waals surface area contributed by atoms with Crippen molar-refractivity contribution in [1.82, 2.24) is 14.7 Å². The predicted octanol–water partition coefficient (Wildman–Crippen LogP) is 2.66. The van der Waals surface area contributed by atoms with Crippen molar-refractivity contribution in [2.45, 2.75) is 31.1 Å². The second-order valence-corrected chi connectivity index (χ2v) is 8.03. The van der Waals surface area contributed by atoms with Crippen LogP contribution < -0.4 is 11.1 Å². The molecule has 33 heavy (non-hydrogen) atoms. The van der Waals surface area contributed by atoms with E-state index in [1.54, 1.807) is 6.26 Å². The maximum absolute atomic E-state index is 15.6. The molecule has 3 heterocycles. The number of anilines is 1. The van der Waals surface area contributed by atoms with E-state index in [4.69, 9.17) is 10.2 Å². The van der Waals surface area contributed by atoms with E-state index in [0.717, 1.165) is 16.9 Å². The molecule has 2 amide bonds. The van der Waals surface area contributed by atoms with Gasteiger partial charge in [-0.15, -0.1) is 0 Å². The minimum Gasteiger partial charge on any atom is -0.464 e. The molecule has 3 aromatic rings. The van der Waals surface area contributed by atoms with E-state index < -0.39 is 17.6 Å². The van der Waals surface area contributed by atoms with Gasteiger partial charge >= 0.3 is 0 Å². The van der Waals surface area contributed by atoms with Crippen molar-refractivity contribution in [3.63, 3.8) is 0 Å². The molecular weight excluding hydrogens is 427 g/mol. The van der Waals surface area contributed by atoms with Crippen molar-refractivity contribution in [2.24, 2.45) is 5.73 Å². The lowest BCUT2D eigenvalue weighted by atomic mass is 9.83. The van der Waals surface area contributed by atoms with E-state index in [1.807, 2.05) is 47.4 Å². The average molecular weight is 450 g/mol. The van der Waals surface area contributed by atoms with Crippen LogP contribution in [0.4, 0.5) is 10.2 Å². The molecule has 0 spiro atoms. The van der Waals surface area contributed by atoms with Gasteiger partial charge in [-0.1, -0.05) is 24.3 Å². The van der Waals surface area contributed by atoms with Crippen LogP contribution in [-0.2, 0) is 16.9 Å². The molecule has 1 aliphatic rings. The highest BCUT2D eigenvalue weighted by atomic mass is 19.1. The molecule has 1 aliphatic heterocycles. The molecule has 4 rings (SSSR count). The van der Waals surface area contributed by atoms with Crippen LogP contribution in [0.25, 0.3) is 11.3 Å². The fraction of sp³-hybridized carbons (Fsp3) is 0.304. The molecule has 3 N–H and O–H groups in total. The summed E-state index contributed by atoms with van der Waals surface area (Å²) in [6, 6.07) is 13.6. The zero-order valence-electron chi connectivity index (χ0n) is 17.8. The molecule has 0 saturated carbocycles. The van der Waals surface area contributed by atoms with E-state index in [0.29, 0.717) is 25.9 Å². The number of alkyl halides is 1. The lowest BCUT2D eigenvalue weighted by molar-refractivity contribution is -0.105. The van der Waals surface area contributed by atoms with Crippen LogP contribution in [0.5, 0.6) is 0 Å². The Kier molecular flexibility index (Phi) is 6.24. The standard InChI is InChI=1S/C23H23FN6O3/c24-20-14-29(12-16-3-5-17(6-4-16)19-2-1-11-33-19)10-8-23(20,7-9-25)30-13-18(21(26)32)22(28-30)27-15-31/h1-6,11,13,15,20H,7-8,10,12,14H2,(H2,26,32)(H,27,28,31). The van der Waals surface area contributed by atoms with Gasteiger partial charge in [-0.25, -0.2) is 4.39 Å². The molecule has 2 unspecified atom stereocenters. The average Bonchev–Trinajstić information content (AvgIpc) is 3.47. The van der Waals surface area contributed by atoms with Crippen LogP contribution in [0.1, 0.15) is 28.8 Å². The van der Waals surface area contributed by atoms with Crippen LogP contribution in [0.2, 0.25) is 0 Å². The van der Waals surface area contributed by atoms with E-state index in [2.05, 4.69) is 10.4 Å². The van der Waals surface area contributed by atoms with Crippen molar-refractivity contribution in [1.29, 1.82) is 5.26 Å². The fourth-order valence-corrected chi connectivity index (χ4v) is 4.24. The van der Waals surface area contributed by atoms with Gasteiger partial charge in [-0.05, 0) is 24.1 Å². The third-order valence-electron chi connectivity index (χ3n) is 6.05. The van der Waals surface area contributed by atoms with Gasteiger partial charge < -0.3 is 15.5 Å². The van der Waals surface area contributed by atoms with E-state index in [9.17, 15) is 14.9 Å². The Labute approximate surface area is 189 Å². The molecule has 9 nitrogen and oxygen atoms in total. The zero-order valence-corrected chi connectivity index (χ0v) is 17.8. The van der Waals surface area contributed by atoms with Gasteiger partial charge in [0.15, 0.2) is 5.82 Å². The van der Waals surface area contributed by atoms with Gasteiger partial charge in [0.1, 0.15) is 23.0 Å². The molecular formula is C23H23FN6O3. The number of halogens is 1. The largest absolute Gasteiger partial charge is 0.464 e. The number of hydrogen-bond donors (Lipinski definition) is 2. The number of primary amides is 1. The number of benzene rings is 1. The van der Waals surface area contributed by atoms with Crippen molar-refractivity contribution in [3.05, 3.63) is 60.0 Å². The first-order valence-electron chi connectivity index (χ1n) is 10.4. The van der Waals surface area contributed by atoms with Crippen molar-refractivity contribution in [2.75, 3.05) is 18.4 Å². The summed E-state index contributed by atoms with van der Waals surface area (Å²) in [5.41, 5.74) is 6.06. The Balaban J connectivity index is 1.51. The van der Waals surface area contributed by atoms with E-state index in [-0.39, 0.29) is 24.3 Å². The maximum atomic E-state index is 15.6. The molecule has 170 valence electrons. The van der Waals surface area contributed by atoms with E-state index >= 15 is 4.39 Å². The minimum atomic E-state index is -1.43. The highest BCUT2D eigenvalue weighted by Gasteiger charge is 2.46. The van der Waals surface area contributed by atoms with Crippen molar-refractivity contribution >= 4 is 18.1 Å². The molecule has 2 atom stereocenters. The van der Waals surface area contributed by atoms with Crippen molar-refractivity contribution < 1.29 is 18.4 Å². The van der Waals surface area contributed by atoms with Gasteiger partial charge in [0.25, 0.3) is 5.91 Å². The fourth-order valence-electron chi connectivity index (χ4n) is 4.24. The first-order valence-corrected chi connectivity index (χ1v) is 10.4. The maximum Gasteiger partial charge on any atom is 0.254 e. The number of rotatable bonds is 8. The molecule has 1 aromatic carbocycles. The monoisotopic (exact) mass is 450 g/mol. The number of nitriles is 1. The van der Waals surface area contributed by atoms with Crippen LogP contribution in [-0.4, -0.2) is 46.3 Å². The summed E-state index contributed by atoms with van der Waals surface area (Å²) < 4.78 is 22.3. The van der Waals surface area contributed by atoms with E-state index in [1.165, 1.54) is 10.9 Å². The van der Waals surface area contributed by atoms with Gasteiger partial charge in [0, 0.05) is 31.4 Å². The lowest BCUT2D eigenvalue weighted by Gasteiger charge is -2.43. The lowest BCUT2D eigenvalue weighted by Crippen LogP contribution is -2.54. The SMILES string of the molecule is N#CCC1(n2cc(C(N)=O)c(NC=O)n2)CCN(Cc2ccc(-c3ccco3)cc2)CC1F. The summed E-state index contributed by atoms with van der Waals surface area (Å²) in [7, 11) is 0. The second-order valence-electron chi connectivity index (χ2n) is 8.03. The molecule has 10 heteroatoms. The number of aromatic nitrogens is 2. The summed E-state index contributed by atoms with van der Waals surface area (Å²) >= 11 is 0. The van der Waals surface area contributed by atoms with Crippen LogP contribution in [0.3, 0.4) is 0 Å². The summed E-state index contributed by atoms with van der Waals surface area (Å²) in [5.74, 6) is -0.0766. The summed E-state index contributed by atoms with van der Waals surface area (Å²) in [6.45, 7) is 1.15. The summed E-state index contributed by atoms with van der Waals surface area (Å²) in [4.78, 5) is 24.6. The topological polar surface area (TPSA) is 130 Å². The number of carbonyl (C=O) groups excluding carboxylic acids is 2. The molecule has 0 aliphatic carbocycles. The first-order chi connectivity index (χ1) is 16.0. The minimum absolute atomic E-state index is 0.0364. The van der Waals surface area contributed by atoms with Gasteiger partial charge in [-0.3, -0.25) is 19.2 Å². The zero-order chi connectivity index (χ0) is 23.4. The van der Waals surface area contributed by atoms with Crippen LogP contribution in [0.15, 0.2) is 53.3 Å². The Hall–Kier alpha value is -3.97. The predicted molar refractivity (Wildman–Crippen MR) is 118 cm³/mol. The summed E-state index contributed by atoms with van der Waals surface area (Å²) in [6.07, 6.45) is 2.02. The molecule has 1 fully saturated rings. The Morgan fingerprint density at radius 2 is 2.18 bits per heavy atom. The first kappa shape index (κ1) is 22.2. The normalized spacial score (nSPS) is 20.8. The Bertz CT molecular complexity index is 1170. The number of nitrogens with zero attached hydrogens (tertiary/aromatic N) is 4. The van der Waals surface area contributed by atoms with Gasteiger partial charge in [-0.2, -0.15) is 10.4 Å². The number of furan rings is 1. The number of nitrogens with two attached hydrogens (primary N) is 1. The van der Waals surface area contributed by atoms with Gasteiger partial charge in [0.2, 0.25) is 6.41 Å². The highest BCUT2D eigenvalue weighted by molar-refractivity contribution is 5.99. The number of hydrogen-bond acceptors (Lipinski definition) is 6. The number of carbonyl (C=O) groups is 2. The Morgan fingerprint density at radius 1 is 1.39 bits per heavy atom. The Morgan fingerprint density at radius 3 is 2.79 bits per heavy atom. The second kappa shape index (κ2) is 9.26. The number of likely N-dealkylation sites (tertiary alicyclic amines) is 1. The number of piperidine rings is 1. The van der Waals surface area contributed by atoms with Gasteiger partial charge in [0.05, 0.1) is 18.8 Å². The quantitative estimate of drug-likeness (QED) is 0.508. The molecule has 1 saturated heterocycles. The van der Waals surface area contributed by atoms with Crippen LogP contribution >= 0.6 is 0 Å². The third-order valence-corrected chi connectivity index (χ3v) is 6.05. The smallest absolute Gasteiger partial charge is 0.254 e. The number of amides is 2. The van der Waals surface area contributed by atoms with Crippen molar-refractivity contribution in [3.8, 4) is 17.4 Å². The van der Waals surface area contributed by atoms with Crippen LogP contribution in [0, 0.1) is 11.3 Å².